The molecule has 1 saturated heterocycles. The molecule has 0 radical (unpaired) electrons. The number of carbonyl (C=O) groups excluding carboxylic acids is 1. The highest BCUT2D eigenvalue weighted by Crippen LogP contribution is 2.21. The van der Waals surface area contributed by atoms with E-state index in [0.717, 1.165) is 38.0 Å². The number of amides is 1. The van der Waals surface area contributed by atoms with Crippen LogP contribution < -0.4 is 0 Å². The van der Waals surface area contributed by atoms with Crippen LogP contribution in [0.15, 0.2) is 18.2 Å². The molecule has 0 atom stereocenters. The van der Waals surface area contributed by atoms with Gasteiger partial charge in [0.05, 0.1) is 0 Å². The van der Waals surface area contributed by atoms with Gasteiger partial charge in [-0.05, 0) is 91.7 Å². The van der Waals surface area contributed by atoms with Crippen LogP contribution in [0.4, 0.5) is 0 Å². The zero-order valence-electron chi connectivity index (χ0n) is 11.8. The summed E-state index contributed by atoms with van der Waals surface area (Å²) in [6, 6.07) is 6.17. The molecule has 3 nitrogen and oxygen atoms in total. The van der Waals surface area contributed by atoms with Gasteiger partial charge in [0.25, 0.3) is 5.91 Å². The van der Waals surface area contributed by atoms with Crippen molar-refractivity contribution in [1.29, 1.82) is 0 Å². The van der Waals surface area contributed by atoms with Gasteiger partial charge in [-0.3, -0.25) is 4.79 Å². The number of benzene rings is 1. The number of halogens is 1. The van der Waals surface area contributed by atoms with E-state index in [4.69, 9.17) is 0 Å². The maximum atomic E-state index is 12.5. The highest BCUT2D eigenvalue weighted by atomic mass is 127. The van der Waals surface area contributed by atoms with E-state index >= 15 is 0 Å². The molecular weight excluding hydrogens is 363 g/mol. The molecule has 2 aliphatic rings. The summed E-state index contributed by atoms with van der Waals surface area (Å²) >= 11 is 2.31. The Hall–Kier alpha value is -0.620. The summed E-state index contributed by atoms with van der Waals surface area (Å²) in [7, 11) is 0. The van der Waals surface area contributed by atoms with E-state index in [1.54, 1.807) is 0 Å². The van der Waals surface area contributed by atoms with Gasteiger partial charge in [-0.1, -0.05) is 0 Å². The molecular formula is C16H21IN2O. The molecule has 0 aliphatic carbocycles. The maximum absolute atomic E-state index is 12.5. The number of rotatable bonds is 4. The van der Waals surface area contributed by atoms with Gasteiger partial charge in [0.1, 0.15) is 0 Å². The average Bonchev–Trinajstić information content (AvgIpc) is 2.94. The number of fused-ring (bicyclic) bond motifs is 1. The van der Waals surface area contributed by atoms with Crippen molar-refractivity contribution in [2.45, 2.75) is 25.7 Å². The Kier molecular flexibility index (Phi) is 4.61. The second-order valence-corrected chi connectivity index (χ2v) is 6.99. The molecule has 1 aromatic carbocycles. The fourth-order valence-electron chi connectivity index (χ4n) is 3.21. The largest absolute Gasteiger partial charge is 0.338 e. The highest BCUT2D eigenvalue weighted by molar-refractivity contribution is 14.1. The van der Waals surface area contributed by atoms with E-state index in [-0.39, 0.29) is 5.91 Å². The van der Waals surface area contributed by atoms with E-state index in [0.29, 0.717) is 0 Å². The zero-order valence-corrected chi connectivity index (χ0v) is 13.9. The third kappa shape index (κ3) is 3.17. The topological polar surface area (TPSA) is 23.6 Å². The smallest absolute Gasteiger partial charge is 0.254 e. The highest BCUT2D eigenvalue weighted by Gasteiger charge is 2.24. The maximum Gasteiger partial charge on any atom is 0.254 e. The van der Waals surface area contributed by atoms with E-state index in [1.807, 2.05) is 17.0 Å². The minimum atomic E-state index is 0.226. The molecule has 1 fully saturated rings. The van der Waals surface area contributed by atoms with E-state index in [2.05, 4.69) is 33.6 Å². The van der Waals surface area contributed by atoms with Crippen LogP contribution in [0.3, 0.4) is 0 Å². The number of nitrogens with zero attached hydrogens (tertiary/aromatic N) is 2. The normalized spacial score (nSPS) is 19.4. The Morgan fingerprint density at radius 1 is 1.10 bits per heavy atom. The van der Waals surface area contributed by atoms with Crippen molar-refractivity contribution >= 4 is 28.5 Å². The zero-order chi connectivity index (χ0) is 13.9. The van der Waals surface area contributed by atoms with Crippen molar-refractivity contribution in [2.75, 3.05) is 32.7 Å². The molecule has 0 unspecified atom stereocenters. The van der Waals surface area contributed by atoms with Gasteiger partial charge >= 0.3 is 0 Å². The van der Waals surface area contributed by atoms with Crippen LogP contribution in [0.25, 0.3) is 0 Å². The third-order valence-electron chi connectivity index (χ3n) is 4.34. The molecule has 0 bridgehead atoms. The minimum absolute atomic E-state index is 0.226. The first-order chi connectivity index (χ1) is 9.74. The molecule has 2 heterocycles. The Labute approximate surface area is 134 Å². The Bertz CT molecular complexity index is 497. The molecule has 0 aromatic heterocycles. The molecule has 108 valence electrons. The van der Waals surface area contributed by atoms with Crippen molar-refractivity contribution in [2.24, 2.45) is 0 Å². The van der Waals surface area contributed by atoms with Crippen molar-refractivity contribution in [3.8, 4) is 0 Å². The predicted octanol–water partition coefficient (Wildman–Crippen LogP) is 2.78. The summed E-state index contributed by atoms with van der Waals surface area (Å²) in [6.45, 7) is 5.42. The Morgan fingerprint density at radius 3 is 2.70 bits per heavy atom. The van der Waals surface area contributed by atoms with Gasteiger partial charge in [0.15, 0.2) is 0 Å². The lowest BCUT2D eigenvalue weighted by molar-refractivity contribution is 0.0733. The van der Waals surface area contributed by atoms with Gasteiger partial charge in [-0.2, -0.15) is 0 Å². The fraction of sp³-hybridized carbons (Fsp3) is 0.562. The van der Waals surface area contributed by atoms with Gasteiger partial charge in [-0.15, -0.1) is 0 Å². The molecule has 2 aliphatic heterocycles. The summed E-state index contributed by atoms with van der Waals surface area (Å²) in [6.07, 6.45) is 4.79. The van der Waals surface area contributed by atoms with Crippen LogP contribution in [0.1, 0.15) is 35.2 Å². The molecule has 20 heavy (non-hydrogen) atoms. The first-order valence-corrected chi connectivity index (χ1v) is 8.62. The van der Waals surface area contributed by atoms with Crippen molar-refractivity contribution < 1.29 is 4.79 Å². The summed E-state index contributed by atoms with van der Waals surface area (Å²) in [5.41, 5.74) is 2.13. The third-order valence-corrected chi connectivity index (χ3v) is 5.01. The van der Waals surface area contributed by atoms with Gasteiger partial charge in [0, 0.05) is 22.2 Å². The van der Waals surface area contributed by atoms with Crippen molar-refractivity contribution in [3.63, 3.8) is 0 Å². The lowest BCUT2D eigenvalue weighted by atomic mass is 9.99. The van der Waals surface area contributed by atoms with Gasteiger partial charge in [-0.25, -0.2) is 0 Å². The monoisotopic (exact) mass is 384 g/mol. The van der Waals surface area contributed by atoms with Crippen LogP contribution in [0, 0.1) is 3.57 Å². The van der Waals surface area contributed by atoms with Crippen LogP contribution in [-0.2, 0) is 6.42 Å². The van der Waals surface area contributed by atoms with Crippen molar-refractivity contribution in [3.05, 3.63) is 32.9 Å². The van der Waals surface area contributed by atoms with E-state index < -0.39 is 0 Å². The summed E-state index contributed by atoms with van der Waals surface area (Å²) in [5, 5.41) is 0. The second-order valence-electron chi connectivity index (χ2n) is 5.75. The Balaban J connectivity index is 1.56. The molecule has 0 spiro atoms. The molecule has 3 rings (SSSR count). The quantitative estimate of drug-likeness (QED) is 0.746. The van der Waals surface area contributed by atoms with Crippen LogP contribution in [-0.4, -0.2) is 48.4 Å². The average molecular weight is 384 g/mol. The van der Waals surface area contributed by atoms with E-state index in [1.165, 1.54) is 35.1 Å². The Morgan fingerprint density at radius 2 is 1.90 bits per heavy atom. The standard InChI is InChI=1S/C16H21IN2O/c17-14-4-5-15-13(12-14)6-11-19(16(15)20)10-3-9-18-7-1-2-8-18/h4-5,12H,1-3,6-11H2. The molecule has 0 saturated carbocycles. The fourth-order valence-corrected chi connectivity index (χ4v) is 3.77. The first kappa shape index (κ1) is 14.3. The SMILES string of the molecule is O=C1c2ccc(I)cc2CCN1CCCN1CCCC1. The number of hydrogen-bond donors (Lipinski definition) is 0. The lowest BCUT2D eigenvalue weighted by Crippen LogP contribution is -2.39. The van der Waals surface area contributed by atoms with Crippen molar-refractivity contribution in [1.82, 2.24) is 9.80 Å². The second kappa shape index (κ2) is 6.43. The first-order valence-electron chi connectivity index (χ1n) is 7.54. The number of likely N-dealkylation sites (tertiary alicyclic amines) is 1. The predicted molar refractivity (Wildman–Crippen MR) is 89.1 cm³/mol. The number of hydrogen-bond acceptors (Lipinski definition) is 2. The van der Waals surface area contributed by atoms with Gasteiger partial charge < -0.3 is 9.80 Å². The van der Waals surface area contributed by atoms with Crippen LogP contribution >= 0.6 is 22.6 Å². The minimum Gasteiger partial charge on any atom is -0.338 e. The van der Waals surface area contributed by atoms with Crippen LogP contribution in [0.2, 0.25) is 0 Å². The van der Waals surface area contributed by atoms with E-state index in [9.17, 15) is 4.79 Å². The lowest BCUT2D eigenvalue weighted by Gasteiger charge is -2.29. The molecule has 0 N–H and O–H groups in total. The molecule has 4 heteroatoms. The summed E-state index contributed by atoms with van der Waals surface area (Å²) < 4.78 is 1.22. The summed E-state index contributed by atoms with van der Waals surface area (Å²) in [5.74, 6) is 0.226. The van der Waals surface area contributed by atoms with Gasteiger partial charge in [0.2, 0.25) is 0 Å². The summed E-state index contributed by atoms with van der Waals surface area (Å²) in [4.78, 5) is 17.0. The number of carbonyl (C=O) groups is 1. The van der Waals surface area contributed by atoms with Crippen LogP contribution in [0.5, 0.6) is 0 Å². The molecule has 1 aromatic rings. The molecule has 1 amide bonds.